The van der Waals surface area contributed by atoms with Gasteiger partial charge in [0.05, 0.1) is 0 Å². The van der Waals surface area contributed by atoms with Crippen molar-refractivity contribution in [1.82, 2.24) is 5.32 Å². The first kappa shape index (κ1) is 13.2. The molecule has 0 saturated heterocycles. The van der Waals surface area contributed by atoms with Crippen LogP contribution in [0.4, 0.5) is 0 Å². The van der Waals surface area contributed by atoms with Crippen LogP contribution in [0.15, 0.2) is 18.2 Å². The van der Waals surface area contributed by atoms with Crippen molar-refractivity contribution in [2.75, 3.05) is 6.54 Å². The second kappa shape index (κ2) is 6.70. The molecular weight excluding hydrogens is 194 g/mol. The highest BCUT2D eigenvalue weighted by atomic mass is 14.9. The molecule has 0 spiro atoms. The molecule has 1 aromatic carbocycles. The van der Waals surface area contributed by atoms with Crippen LogP contribution in [0.3, 0.4) is 0 Å². The van der Waals surface area contributed by atoms with Crippen LogP contribution in [0.5, 0.6) is 0 Å². The van der Waals surface area contributed by atoms with Gasteiger partial charge in [0.15, 0.2) is 0 Å². The highest BCUT2D eigenvalue weighted by Gasteiger charge is 2.02. The monoisotopic (exact) mass is 219 g/mol. The van der Waals surface area contributed by atoms with Crippen molar-refractivity contribution < 1.29 is 0 Å². The summed E-state index contributed by atoms with van der Waals surface area (Å²) in [5.74, 6) is 0. The summed E-state index contributed by atoms with van der Waals surface area (Å²) in [6.07, 6.45) is 3.62. The third-order valence-corrected chi connectivity index (χ3v) is 3.18. The van der Waals surface area contributed by atoms with Gasteiger partial charge in [-0.1, -0.05) is 25.1 Å². The fraction of sp³-hybridized carbons (Fsp3) is 0.600. The van der Waals surface area contributed by atoms with Gasteiger partial charge in [0.2, 0.25) is 0 Å². The SMILES string of the molecule is CCCNC(C)CCc1ccc(C)c(C)c1. The van der Waals surface area contributed by atoms with Gasteiger partial charge >= 0.3 is 0 Å². The van der Waals surface area contributed by atoms with Crippen LogP contribution in [0.25, 0.3) is 0 Å². The number of aryl methyl sites for hydroxylation is 3. The minimum absolute atomic E-state index is 0.626. The fourth-order valence-electron chi connectivity index (χ4n) is 1.83. The third kappa shape index (κ3) is 4.36. The molecular formula is C15H25N. The molecule has 0 heterocycles. The first-order valence-corrected chi connectivity index (χ1v) is 6.43. The topological polar surface area (TPSA) is 12.0 Å². The first-order valence-electron chi connectivity index (χ1n) is 6.43. The third-order valence-electron chi connectivity index (χ3n) is 3.18. The van der Waals surface area contributed by atoms with Crippen LogP contribution in [0.2, 0.25) is 0 Å². The van der Waals surface area contributed by atoms with E-state index in [1.165, 1.54) is 36.0 Å². The fourth-order valence-corrected chi connectivity index (χ4v) is 1.83. The molecule has 0 radical (unpaired) electrons. The molecule has 1 rings (SSSR count). The van der Waals surface area contributed by atoms with Gasteiger partial charge in [0, 0.05) is 6.04 Å². The molecule has 1 unspecified atom stereocenters. The summed E-state index contributed by atoms with van der Waals surface area (Å²) in [6, 6.07) is 7.44. The molecule has 0 fully saturated rings. The molecule has 0 bridgehead atoms. The minimum atomic E-state index is 0.626. The van der Waals surface area contributed by atoms with Crippen LogP contribution in [-0.2, 0) is 6.42 Å². The van der Waals surface area contributed by atoms with Crippen molar-refractivity contribution in [3.8, 4) is 0 Å². The Morgan fingerprint density at radius 3 is 2.56 bits per heavy atom. The van der Waals surface area contributed by atoms with E-state index in [-0.39, 0.29) is 0 Å². The summed E-state index contributed by atoms with van der Waals surface area (Å²) in [7, 11) is 0. The lowest BCUT2D eigenvalue weighted by Gasteiger charge is -2.13. The van der Waals surface area contributed by atoms with E-state index >= 15 is 0 Å². The summed E-state index contributed by atoms with van der Waals surface area (Å²) in [6.45, 7) is 9.98. The molecule has 1 atom stereocenters. The Hall–Kier alpha value is -0.820. The molecule has 0 amide bonds. The predicted molar refractivity (Wildman–Crippen MR) is 72.0 cm³/mol. The minimum Gasteiger partial charge on any atom is -0.314 e. The summed E-state index contributed by atoms with van der Waals surface area (Å²) in [4.78, 5) is 0. The molecule has 0 aliphatic heterocycles. The van der Waals surface area contributed by atoms with Gasteiger partial charge in [0.1, 0.15) is 0 Å². The maximum atomic E-state index is 3.53. The molecule has 1 heteroatoms. The van der Waals surface area contributed by atoms with E-state index in [2.05, 4.69) is 51.2 Å². The van der Waals surface area contributed by atoms with Crippen LogP contribution in [0.1, 0.15) is 43.4 Å². The maximum absolute atomic E-state index is 3.53. The van der Waals surface area contributed by atoms with Gasteiger partial charge in [-0.25, -0.2) is 0 Å². The predicted octanol–water partition coefficient (Wildman–Crippen LogP) is 3.62. The summed E-state index contributed by atoms with van der Waals surface area (Å²) >= 11 is 0. The number of hydrogen-bond donors (Lipinski definition) is 1. The number of nitrogens with one attached hydrogen (secondary N) is 1. The summed E-state index contributed by atoms with van der Waals surface area (Å²) in [5.41, 5.74) is 4.26. The second-order valence-electron chi connectivity index (χ2n) is 4.81. The number of benzene rings is 1. The van der Waals surface area contributed by atoms with Crippen LogP contribution >= 0.6 is 0 Å². The Bertz CT molecular complexity index is 317. The van der Waals surface area contributed by atoms with Gasteiger partial charge in [-0.2, -0.15) is 0 Å². The highest BCUT2D eigenvalue weighted by Crippen LogP contribution is 2.12. The van der Waals surface area contributed by atoms with Crippen LogP contribution in [0, 0.1) is 13.8 Å². The van der Waals surface area contributed by atoms with Crippen LogP contribution in [-0.4, -0.2) is 12.6 Å². The molecule has 1 N–H and O–H groups in total. The zero-order valence-corrected chi connectivity index (χ0v) is 11.1. The van der Waals surface area contributed by atoms with E-state index in [4.69, 9.17) is 0 Å². The van der Waals surface area contributed by atoms with Crippen molar-refractivity contribution >= 4 is 0 Å². The Morgan fingerprint density at radius 2 is 1.94 bits per heavy atom. The van der Waals surface area contributed by atoms with E-state index in [0.717, 1.165) is 6.54 Å². The molecule has 0 aromatic heterocycles. The largest absolute Gasteiger partial charge is 0.314 e. The standard InChI is InChI=1S/C15H25N/c1-5-10-16-14(4)7-9-15-8-6-12(2)13(3)11-15/h6,8,11,14,16H,5,7,9-10H2,1-4H3. The van der Waals surface area contributed by atoms with Gasteiger partial charge in [-0.15, -0.1) is 0 Å². The van der Waals surface area contributed by atoms with Crippen molar-refractivity contribution in [2.24, 2.45) is 0 Å². The summed E-state index contributed by atoms with van der Waals surface area (Å²) in [5, 5.41) is 3.53. The smallest absolute Gasteiger partial charge is 0.00418 e. The number of hydrogen-bond acceptors (Lipinski definition) is 1. The molecule has 0 aliphatic rings. The average Bonchev–Trinajstić information content (AvgIpc) is 2.28. The maximum Gasteiger partial charge on any atom is 0.00418 e. The van der Waals surface area contributed by atoms with Gasteiger partial charge < -0.3 is 5.32 Å². The van der Waals surface area contributed by atoms with E-state index < -0.39 is 0 Å². The van der Waals surface area contributed by atoms with Crippen molar-refractivity contribution in [1.29, 1.82) is 0 Å². The lowest BCUT2D eigenvalue weighted by molar-refractivity contribution is 0.514. The highest BCUT2D eigenvalue weighted by molar-refractivity contribution is 5.29. The zero-order chi connectivity index (χ0) is 12.0. The Balaban J connectivity index is 2.39. The van der Waals surface area contributed by atoms with Crippen molar-refractivity contribution in [3.05, 3.63) is 34.9 Å². The molecule has 90 valence electrons. The normalized spacial score (nSPS) is 12.8. The van der Waals surface area contributed by atoms with E-state index in [1.807, 2.05) is 0 Å². The van der Waals surface area contributed by atoms with Crippen molar-refractivity contribution in [2.45, 2.75) is 53.0 Å². The first-order chi connectivity index (χ1) is 7.63. The Labute approximate surface area is 100 Å². The van der Waals surface area contributed by atoms with Gasteiger partial charge in [0.25, 0.3) is 0 Å². The second-order valence-corrected chi connectivity index (χ2v) is 4.81. The quantitative estimate of drug-likeness (QED) is 0.770. The Kier molecular flexibility index (Phi) is 5.54. The van der Waals surface area contributed by atoms with E-state index in [9.17, 15) is 0 Å². The van der Waals surface area contributed by atoms with Gasteiger partial charge in [-0.05, 0) is 63.3 Å². The zero-order valence-electron chi connectivity index (χ0n) is 11.1. The average molecular weight is 219 g/mol. The van der Waals surface area contributed by atoms with E-state index in [0.29, 0.717) is 6.04 Å². The van der Waals surface area contributed by atoms with Gasteiger partial charge in [-0.3, -0.25) is 0 Å². The molecule has 1 aromatic rings. The molecule has 0 saturated carbocycles. The van der Waals surface area contributed by atoms with E-state index in [1.54, 1.807) is 0 Å². The molecule has 1 nitrogen and oxygen atoms in total. The summed E-state index contributed by atoms with van der Waals surface area (Å²) < 4.78 is 0. The lowest BCUT2D eigenvalue weighted by atomic mass is 10.0. The molecule has 16 heavy (non-hydrogen) atoms. The Morgan fingerprint density at radius 1 is 1.19 bits per heavy atom. The molecule has 0 aliphatic carbocycles. The number of rotatable bonds is 6. The lowest BCUT2D eigenvalue weighted by Crippen LogP contribution is -2.27. The van der Waals surface area contributed by atoms with Crippen molar-refractivity contribution in [3.63, 3.8) is 0 Å². The van der Waals surface area contributed by atoms with Crippen LogP contribution < -0.4 is 5.32 Å².